The molecule has 0 heterocycles. The maximum absolute atomic E-state index is 8.95. The van der Waals surface area contributed by atoms with Gasteiger partial charge < -0.3 is 0 Å². The van der Waals surface area contributed by atoms with Crippen LogP contribution in [-0.2, 0) is 0 Å². The lowest BCUT2D eigenvalue weighted by Gasteiger charge is -2.12. The minimum atomic E-state index is 0.0729. The Balaban J connectivity index is 4.40. The Labute approximate surface area is 56.8 Å². The number of hydroxylamine groups is 1. The minimum Gasteiger partial charge on any atom is -0.291 e. The van der Waals surface area contributed by atoms with Crippen LogP contribution in [0.3, 0.4) is 0 Å². The van der Waals surface area contributed by atoms with Crippen LogP contribution in [0, 0.1) is 5.41 Å². The van der Waals surface area contributed by atoms with E-state index < -0.39 is 0 Å². The van der Waals surface area contributed by atoms with Crippen molar-refractivity contribution in [3.8, 4) is 0 Å². The molecule has 0 aromatic heterocycles. The van der Waals surface area contributed by atoms with Crippen molar-refractivity contribution in [3.63, 3.8) is 0 Å². The van der Waals surface area contributed by atoms with E-state index in [1.807, 2.05) is 6.92 Å². The molecule has 1 N–H and O–H groups in total. The average molecular weight is 130 g/mol. The van der Waals surface area contributed by atoms with Crippen LogP contribution < -0.4 is 0 Å². The maximum atomic E-state index is 8.95. The molecule has 0 atom stereocenters. The van der Waals surface area contributed by atoms with E-state index in [1.54, 1.807) is 7.05 Å². The molecule has 0 aromatic rings. The molecule has 0 saturated carbocycles. The fourth-order valence-electron chi connectivity index (χ4n) is 0.485. The van der Waals surface area contributed by atoms with E-state index in [2.05, 4.69) is 20.8 Å². The Hall–Kier alpha value is -0.530. The van der Waals surface area contributed by atoms with Crippen LogP contribution in [0.5, 0.6) is 0 Å². The number of hydrogen-bond donors (Lipinski definition) is 1. The normalized spacial score (nSPS) is 15.2. The predicted molar refractivity (Wildman–Crippen MR) is 38.1 cm³/mol. The molecule has 0 bridgehead atoms. The van der Waals surface area contributed by atoms with Crippen molar-refractivity contribution in [1.82, 2.24) is 0 Å². The van der Waals surface area contributed by atoms with Crippen LogP contribution in [0.25, 0.3) is 0 Å². The molecule has 0 saturated heterocycles. The van der Waals surface area contributed by atoms with Gasteiger partial charge in [0.1, 0.15) is 0 Å². The lowest BCUT2D eigenvalue weighted by Crippen LogP contribution is -2.25. The summed E-state index contributed by atoms with van der Waals surface area (Å²) in [6.07, 6.45) is 0. The molecular weight excluding hydrogens is 114 g/mol. The highest BCUT2D eigenvalue weighted by atomic mass is 16.5. The van der Waals surface area contributed by atoms with Gasteiger partial charge >= 0.3 is 0 Å². The van der Waals surface area contributed by atoms with Gasteiger partial charge in [-0.25, -0.2) is 0 Å². The Bertz CT molecular complexity index is 126. The summed E-state index contributed by atoms with van der Waals surface area (Å²) in [7, 11) is 1.64. The van der Waals surface area contributed by atoms with Crippen molar-refractivity contribution in [2.45, 2.75) is 27.7 Å². The second kappa shape index (κ2) is 2.38. The third-order valence-electron chi connectivity index (χ3n) is 1.57. The van der Waals surface area contributed by atoms with E-state index in [1.165, 1.54) is 4.74 Å². The molecule has 0 spiro atoms. The van der Waals surface area contributed by atoms with E-state index in [4.69, 9.17) is 5.21 Å². The molecule has 0 aliphatic heterocycles. The molecule has 0 aliphatic rings. The molecule has 0 fully saturated rings. The van der Waals surface area contributed by atoms with Gasteiger partial charge in [-0.15, -0.1) is 0 Å². The van der Waals surface area contributed by atoms with E-state index in [9.17, 15) is 0 Å². The maximum Gasteiger partial charge on any atom is 0.206 e. The van der Waals surface area contributed by atoms with Crippen LogP contribution in [0.4, 0.5) is 0 Å². The van der Waals surface area contributed by atoms with Gasteiger partial charge in [0.05, 0.1) is 0 Å². The van der Waals surface area contributed by atoms with Gasteiger partial charge in [-0.3, -0.25) is 5.21 Å². The van der Waals surface area contributed by atoms with Crippen LogP contribution in [0.2, 0.25) is 0 Å². The predicted octanol–water partition coefficient (Wildman–Crippen LogP) is 1.52. The van der Waals surface area contributed by atoms with Crippen molar-refractivity contribution in [2.75, 3.05) is 7.05 Å². The number of hydrogen-bond acceptors (Lipinski definition) is 1. The molecule has 0 aliphatic carbocycles. The fourth-order valence-corrected chi connectivity index (χ4v) is 0.485. The quantitative estimate of drug-likeness (QED) is 0.228. The Kier molecular flexibility index (Phi) is 2.24. The highest BCUT2D eigenvalue weighted by molar-refractivity contribution is 5.81. The second-order valence-corrected chi connectivity index (χ2v) is 3.36. The molecule has 2 heteroatoms. The summed E-state index contributed by atoms with van der Waals surface area (Å²) in [4.78, 5) is 0. The number of rotatable bonds is 0. The van der Waals surface area contributed by atoms with Gasteiger partial charge in [-0.2, -0.15) is 0 Å². The molecule has 54 valence electrons. The smallest absolute Gasteiger partial charge is 0.206 e. The van der Waals surface area contributed by atoms with E-state index in [0.717, 1.165) is 5.71 Å². The first-order valence-corrected chi connectivity index (χ1v) is 3.12. The van der Waals surface area contributed by atoms with Crippen molar-refractivity contribution in [1.29, 1.82) is 0 Å². The van der Waals surface area contributed by atoms with E-state index in [-0.39, 0.29) is 5.41 Å². The largest absolute Gasteiger partial charge is 0.291 e. The summed E-state index contributed by atoms with van der Waals surface area (Å²) in [6.45, 7) is 8.11. The Morgan fingerprint density at radius 2 is 1.67 bits per heavy atom. The van der Waals surface area contributed by atoms with E-state index >= 15 is 0 Å². The van der Waals surface area contributed by atoms with E-state index in [0.29, 0.717) is 0 Å². The van der Waals surface area contributed by atoms with Crippen molar-refractivity contribution in [2.24, 2.45) is 5.41 Å². The SMILES string of the molecule is C/C(=[N+](/C)O)C(C)(C)C. The molecule has 0 unspecified atom stereocenters. The number of nitrogens with zero attached hydrogens (tertiary/aromatic N) is 1. The first-order chi connectivity index (χ1) is 3.85. The zero-order valence-electron chi connectivity index (χ0n) is 6.89. The molecular formula is C7H16NO+. The van der Waals surface area contributed by atoms with Crippen molar-refractivity contribution >= 4 is 5.71 Å². The van der Waals surface area contributed by atoms with Crippen LogP contribution in [-0.4, -0.2) is 22.7 Å². The first kappa shape index (κ1) is 8.47. The van der Waals surface area contributed by atoms with Gasteiger partial charge in [0.25, 0.3) is 0 Å². The summed E-state index contributed by atoms with van der Waals surface area (Å²) in [5, 5.41) is 8.95. The van der Waals surface area contributed by atoms with Crippen LogP contribution in [0.15, 0.2) is 0 Å². The lowest BCUT2D eigenvalue weighted by molar-refractivity contribution is -0.756. The zero-order valence-corrected chi connectivity index (χ0v) is 6.89. The van der Waals surface area contributed by atoms with Gasteiger partial charge in [0.15, 0.2) is 7.05 Å². The highest BCUT2D eigenvalue weighted by Gasteiger charge is 2.22. The van der Waals surface area contributed by atoms with Crippen LogP contribution in [0.1, 0.15) is 27.7 Å². The lowest BCUT2D eigenvalue weighted by atomic mass is 9.91. The summed E-state index contributed by atoms with van der Waals surface area (Å²) in [5.41, 5.74) is 1.05. The average Bonchev–Trinajstić information content (AvgIpc) is 1.62. The molecule has 0 aromatic carbocycles. The summed E-state index contributed by atoms with van der Waals surface area (Å²) in [5.74, 6) is 0. The van der Waals surface area contributed by atoms with Gasteiger partial charge in [0, 0.05) is 12.3 Å². The summed E-state index contributed by atoms with van der Waals surface area (Å²) in [6, 6.07) is 0. The van der Waals surface area contributed by atoms with Gasteiger partial charge in [0.2, 0.25) is 5.71 Å². The van der Waals surface area contributed by atoms with Gasteiger partial charge in [-0.05, 0) is 4.74 Å². The summed E-state index contributed by atoms with van der Waals surface area (Å²) >= 11 is 0. The Morgan fingerprint density at radius 1 is 1.33 bits per heavy atom. The topological polar surface area (TPSA) is 23.2 Å². The molecule has 2 nitrogen and oxygen atoms in total. The molecule has 0 amide bonds. The summed E-state index contributed by atoms with van der Waals surface area (Å²) < 4.78 is 1.17. The van der Waals surface area contributed by atoms with Crippen molar-refractivity contribution < 1.29 is 9.95 Å². The van der Waals surface area contributed by atoms with Gasteiger partial charge in [-0.1, -0.05) is 20.8 Å². The third-order valence-corrected chi connectivity index (χ3v) is 1.57. The molecule has 0 rings (SSSR count). The standard InChI is InChI=1S/C7H16NO/c1-6(8(5)9)7(2,3)4/h9H,1-5H3/q+1/b8-6+. The minimum absolute atomic E-state index is 0.0729. The molecule has 9 heavy (non-hydrogen) atoms. The van der Waals surface area contributed by atoms with Crippen molar-refractivity contribution in [3.05, 3.63) is 0 Å². The first-order valence-electron chi connectivity index (χ1n) is 3.12. The van der Waals surface area contributed by atoms with Crippen LogP contribution >= 0.6 is 0 Å². The monoisotopic (exact) mass is 130 g/mol. The Morgan fingerprint density at radius 3 is 1.67 bits per heavy atom. The third kappa shape index (κ3) is 2.49. The zero-order chi connectivity index (χ0) is 7.65. The molecule has 0 radical (unpaired) electrons. The fraction of sp³-hybridized carbons (Fsp3) is 0.857. The highest BCUT2D eigenvalue weighted by Crippen LogP contribution is 2.14. The second-order valence-electron chi connectivity index (χ2n) is 3.36.